The zero-order chi connectivity index (χ0) is 15.4. The number of carbonyl (C=O) groups excluding carboxylic acids is 1. The van der Waals surface area contributed by atoms with Crippen molar-refractivity contribution in [2.24, 2.45) is 0 Å². The highest BCUT2D eigenvalue weighted by atomic mass is 16.5. The van der Waals surface area contributed by atoms with Crippen molar-refractivity contribution in [1.82, 2.24) is 0 Å². The average molecular weight is 299 g/mol. The van der Waals surface area contributed by atoms with Gasteiger partial charge < -0.3 is 19.5 Å². The molecule has 1 N–H and O–H groups in total. The Kier molecular flexibility index (Phi) is 4.14. The van der Waals surface area contributed by atoms with E-state index in [1.165, 1.54) is 0 Å². The van der Waals surface area contributed by atoms with Gasteiger partial charge in [0, 0.05) is 23.7 Å². The molecule has 0 radical (unpaired) electrons. The quantitative estimate of drug-likeness (QED) is 0.946. The first kappa shape index (κ1) is 14.3. The van der Waals surface area contributed by atoms with E-state index in [1.807, 2.05) is 6.07 Å². The minimum atomic E-state index is -0.201. The maximum absolute atomic E-state index is 12.3. The number of fused-ring (bicyclic) bond motifs is 1. The van der Waals surface area contributed by atoms with Gasteiger partial charge in [-0.25, -0.2) is 0 Å². The molecule has 0 bridgehead atoms. The fourth-order valence-electron chi connectivity index (χ4n) is 2.21. The number of methoxy groups -OCH3 is 1. The topological polar surface area (TPSA) is 56.8 Å². The third kappa shape index (κ3) is 3.14. The summed E-state index contributed by atoms with van der Waals surface area (Å²) in [4.78, 5) is 12.3. The van der Waals surface area contributed by atoms with Crippen molar-refractivity contribution < 1.29 is 19.0 Å². The molecule has 0 spiro atoms. The minimum Gasteiger partial charge on any atom is -0.497 e. The van der Waals surface area contributed by atoms with Crippen LogP contribution < -0.4 is 19.5 Å². The van der Waals surface area contributed by atoms with E-state index in [0.29, 0.717) is 41.7 Å². The van der Waals surface area contributed by atoms with Crippen molar-refractivity contribution in [2.75, 3.05) is 25.6 Å². The Hall–Kier alpha value is -2.69. The SMILES string of the molecule is COc1cccc(C(=O)Nc2ccc3c(c2)OCCCO3)c1. The van der Waals surface area contributed by atoms with Crippen LogP contribution in [0.2, 0.25) is 0 Å². The molecule has 114 valence electrons. The van der Waals surface area contributed by atoms with E-state index in [1.54, 1.807) is 43.5 Å². The van der Waals surface area contributed by atoms with Crippen LogP contribution in [0.25, 0.3) is 0 Å². The molecular formula is C17H17NO4. The second-order valence-electron chi connectivity index (χ2n) is 4.90. The molecule has 0 saturated heterocycles. The van der Waals surface area contributed by atoms with Gasteiger partial charge in [-0.05, 0) is 30.3 Å². The highest BCUT2D eigenvalue weighted by Gasteiger charge is 2.13. The van der Waals surface area contributed by atoms with Crippen LogP contribution in [0.4, 0.5) is 5.69 Å². The van der Waals surface area contributed by atoms with Gasteiger partial charge in [-0.3, -0.25) is 4.79 Å². The van der Waals surface area contributed by atoms with Crippen LogP contribution >= 0.6 is 0 Å². The second-order valence-corrected chi connectivity index (χ2v) is 4.90. The van der Waals surface area contributed by atoms with Crippen LogP contribution in [0.5, 0.6) is 17.2 Å². The fraction of sp³-hybridized carbons (Fsp3) is 0.235. The van der Waals surface area contributed by atoms with Crippen molar-refractivity contribution in [2.45, 2.75) is 6.42 Å². The molecule has 3 rings (SSSR count). The Morgan fingerprint density at radius 3 is 2.73 bits per heavy atom. The molecule has 2 aromatic rings. The van der Waals surface area contributed by atoms with E-state index in [0.717, 1.165) is 6.42 Å². The summed E-state index contributed by atoms with van der Waals surface area (Å²) in [5.74, 6) is 1.80. The van der Waals surface area contributed by atoms with E-state index >= 15 is 0 Å². The number of ether oxygens (including phenoxy) is 3. The van der Waals surface area contributed by atoms with Crippen LogP contribution in [-0.4, -0.2) is 26.2 Å². The largest absolute Gasteiger partial charge is 0.497 e. The van der Waals surface area contributed by atoms with Crippen molar-refractivity contribution in [1.29, 1.82) is 0 Å². The van der Waals surface area contributed by atoms with Gasteiger partial charge >= 0.3 is 0 Å². The maximum Gasteiger partial charge on any atom is 0.255 e. The Morgan fingerprint density at radius 2 is 1.91 bits per heavy atom. The van der Waals surface area contributed by atoms with Crippen LogP contribution in [-0.2, 0) is 0 Å². The fourth-order valence-corrected chi connectivity index (χ4v) is 2.21. The molecule has 5 nitrogen and oxygen atoms in total. The third-order valence-electron chi connectivity index (χ3n) is 3.34. The number of rotatable bonds is 3. The highest BCUT2D eigenvalue weighted by Crippen LogP contribution is 2.32. The molecule has 0 unspecified atom stereocenters. The van der Waals surface area contributed by atoms with Crippen molar-refractivity contribution in [3.8, 4) is 17.2 Å². The number of amides is 1. The zero-order valence-electron chi connectivity index (χ0n) is 12.3. The van der Waals surface area contributed by atoms with E-state index < -0.39 is 0 Å². The summed E-state index contributed by atoms with van der Waals surface area (Å²) >= 11 is 0. The molecular weight excluding hydrogens is 282 g/mol. The van der Waals surface area contributed by atoms with Crippen molar-refractivity contribution in [3.63, 3.8) is 0 Å². The van der Waals surface area contributed by atoms with Crippen LogP contribution in [0.1, 0.15) is 16.8 Å². The number of hydrogen-bond acceptors (Lipinski definition) is 4. The summed E-state index contributed by atoms with van der Waals surface area (Å²) in [6.07, 6.45) is 0.847. The zero-order valence-corrected chi connectivity index (χ0v) is 12.3. The molecule has 0 aliphatic carbocycles. The van der Waals surface area contributed by atoms with Crippen molar-refractivity contribution in [3.05, 3.63) is 48.0 Å². The lowest BCUT2D eigenvalue weighted by molar-refractivity contribution is 0.102. The smallest absolute Gasteiger partial charge is 0.255 e. The van der Waals surface area contributed by atoms with Crippen LogP contribution in [0.15, 0.2) is 42.5 Å². The standard InChI is InChI=1S/C17H17NO4/c1-20-14-5-2-4-12(10-14)17(19)18-13-6-7-15-16(11-13)22-9-3-8-21-15/h2,4-7,10-11H,3,8-9H2,1H3,(H,18,19). The molecule has 2 aromatic carbocycles. The summed E-state index contributed by atoms with van der Waals surface area (Å²) in [6.45, 7) is 1.25. The van der Waals surface area contributed by atoms with Gasteiger partial charge in [0.2, 0.25) is 0 Å². The summed E-state index contributed by atoms with van der Waals surface area (Å²) in [6, 6.07) is 12.4. The number of benzene rings is 2. The molecule has 1 amide bonds. The number of nitrogens with one attached hydrogen (secondary N) is 1. The van der Waals surface area contributed by atoms with E-state index in [4.69, 9.17) is 14.2 Å². The molecule has 0 saturated carbocycles. The van der Waals surface area contributed by atoms with Gasteiger partial charge in [0.15, 0.2) is 11.5 Å². The summed E-state index contributed by atoms with van der Waals surface area (Å²) in [5.41, 5.74) is 1.20. The number of hydrogen-bond donors (Lipinski definition) is 1. The van der Waals surface area contributed by atoms with E-state index in [9.17, 15) is 4.79 Å². The van der Waals surface area contributed by atoms with Gasteiger partial charge in [0.1, 0.15) is 5.75 Å². The second kappa shape index (κ2) is 6.39. The molecule has 1 heterocycles. The molecule has 22 heavy (non-hydrogen) atoms. The molecule has 5 heteroatoms. The van der Waals surface area contributed by atoms with E-state index in [-0.39, 0.29) is 5.91 Å². The molecule has 0 atom stereocenters. The first-order valence-electron chi connectivity index (χ1n) is 7.11. The summed E-state index contributed by atoms with van der Waals surface area (Å²) < 4.78 is 16.3. The summed E-state index contributed by atoms with van der Waals surface area (Å²) in [7, 11) is 1.57. The average Bonchev–Trinajstić information content (AvgIpc) is 2.79. The van der Waals surface area contributed by atoms with Gasteiger partial charge in [-0.2, -0.15) is 0 Å². The Labute approximate surface area is 128 Å². The minimum absolute atomic E-state index is 0.201. The number of carbonyl (C=O) groups is 1. The first-order chi connectivity index (χ1) is 10.8. The van der Waals surface area contributed by atoms with Gasteiger partial charge in [0.05, 0.1) is 20.3 Å². The van der Waals surface area contributed by atoms with E-state index in [2.05, 4.69) is 5.32 Å². The Morgan fingerprint density at radius 1 is 1.09 bits per heavy atom. The highest BCUT2D eigenvalue weighted by molar-refractivity contribution is 6.04. The van der Waals surface area contributed by atoms with Gasteiger partial charge in [-0.15, -0.1) is 0 Å². The molecule has 1 aliphatic heterocycles. The molecule has 0 fully saturated rings. The predicted octanol–water partition coefficient (Wildman–Crippen LogP) is 3.11. The van der Waals surface area contributed by atoms with Gasteiger partial charge in [-0.1, -0.05) is 6.07 Å². The van der Waals surface area contributed by atoms with Crippen LogP contribution in [0.3, 0.4) is 0 Å². The van der Waals surface area contributed by atoms with Gasteiger partial charge in [0.25, 0.3) is 5.91 Å². The summed E-state index contributed by atoms with van der Waals surface area (Å²) in [5, 5.41) is 2.85. The predicted molar refractivity (Wildman–Crippen MR) is 83.0 cm³/mol. The normalized spacial score (nSPS) is 13.1. The van der Waals surface area contributed by atoms with Crippen LogP contribution in [0, 0.1) is 0 Å². The maximum atomic E-state index is 12.3. The molecule has 1 aliphatic rings. The monoisotopic (exact) mass is 299 g/mol. The third-order valence-corrected chi connectivity index (χ3v) is 3.34. The lowest BCUT2D eigenvalue weighted by Crippen LogP contribution is -2.12. The first-order valence-corrected chi connectivity index (χ1v) is 7.11. The number of anilines is 1. The lowest BCUT2D eigenvalue weighted by Gasteiger charge is -2.11. The Bertz CT molecular complexity index is 684. The molecule has 0 aromatic heterocycles. The lowest BCUT2D eigenvalue weighted by atomic mass is 10.2. The van der Waals surface area contributed by atoms with Crippen molar-refractivity contribution >= 4 is 11.6 Å². The Balaban J connectivity index is 1.77.